The maximum absolute atomic E-state index is 13.6. The summed E-state index contributed by atoms with van der Waals surface area (Å²) < 4.78 is 46.0. The first kappa shape index (κ1) is 33.1. The topological polar surface area (TPSA) is 149 Å². The second-order valence-corrected chi connectivity index (χ2v) is 14.8. The van der Waals surface area contributed by atoms with Crippen molar-refractivity contribution in [3.8, 4) is 0 Å². The largest absolute Gasteiger partial charge is 0.397 e. The Kier molecular flexibility index (Phi) is 10.5. The molecule has 0 heterocycles. The van der Waals surface area contributed by atoms with E-state index in [-0.39, 0.29) is 59.4 Å². The summed E-state index contributed by atoms with van der Waals surface area (Å²) in [6.07, 6.45) is 11.2. The van der Waals surface area contributed by atoms with Crippen molar-refractivity contribution in [3.05, 3.63) is 23.8 Å². The van der Waals surface area contributed by atoms with Gasteiger partial charge in [0.15, 0.2) is 12.3 Å². The van der Waals surface area contributed by atoms with Crippen LogP contribution in [0.4, 0.5) is 0 Å². The zero-order valence-corrected chi connectivity index (χ0v) is 26.2. The highest BCUT2D eigenvalue weighted by atomic mass is 32.3. The molecule has 12 heteroatoms. The SMILES string of the molecule is CC(=O)[C@]12C(CC[C@@H]1[C@H](C)/C=C/[C@@H](COS(=O)(=O)O)C(C)C)C1CC=C3C[C@@H](OSOOO)CC[C@]3(C)C1C[C@@H]2O. The standard InChI is InChI=1S/C29H46O10S2/c1-17(2)20(16-36-41(33,34)35)7-6-18(3)24-10-11-25-23-9-8-21-14-22(37-40-39-38-32)12-13-28(21,5)26(23)15-27(31)29(24,25)19(4)30/h6-8,17-18,20,22-27,31-32H,9-16H2,1-5H3,(H,33,34,35)/b7-6+/t18-,20+,22+,23?,24-,25?,26?,27+,28+,29-/m1/s1. The number of allylic oxidation sites excluding steroid dienone is 2. The van der Waals surface area contributed by atoms with Gasteiger partial charge in [-0.15, -0.1) is 4.33 Å². The maximum atomic E-state index is 13.6. The number of carbonyl (C=O) groups is 1. The molecule has 0 saturated heterocycles. The van der Waals surface area contributed by atoms with Crippen LogP contribution in [0, 0.1) is 52.3 Å². The van der Waals surface area contributed by atoms with E-state index in [1.54, 1.807) is 6.92 Å². The molecule has 3 saturated carbocycles. The normalized spacial score (nSPS) is 38.7. The molecule has 3 unspecified atom stereocenters. The lowest BCUT2D eigenvalue weighted by molar-refractivity contribution is -0.434. The lowest BCUT2D eigenvalue weighted by Gasteiger charge is -2.60. The van der Waals surface area contributed by atoms with Gasteiger partial charge in [0, 0.05) is 5.92 Å². The van der Waals surface area contributed by atoms with E-state index in [0.29, 0.717) is 24.7 Å². The van der Waals surface area contributed by atoms with E-state index in [2.05, 4.69) is 33.5 Å². The predicted molar refractivity (Wildman–Crippen MR) is 153 cm³/mol. The molecule has 234 valence electrons. The molecule has 3 fully saturated rings. The monoisotopic (exact) mass is 618 g/mol. The number of aliphatic hydroxyl groups excluding tert-OH is 1. The Morgan fingerprint density at radius 1 is 1.20 bits per heavy atom. The minimum absolute atomic E-state index is 0.0115. The first-order valence-corrected chi connectivity index (χ1v) is 16.8. The van der Waals surface area contributed by atoms with Crippen molar-refractivity contribution in [1.29, 1.82) is 0 Å². The van der Waals surface area contributed by atoms with Crippen molar-refractivity contribution in [3.63, 3.8) is 0 Å². The van der Waals surface area contributed by atoms with Gasteiger partial charge in [0.05, 0.1) is 24.2 Å². The molecule has 0 radical (unpaired) electrons. The van der Waals surface area contributed by atoms with Crippen LogP contribution in [-0.4, -0.2) is 47.9 Å². The molecule has 10 atom stereocenters. The summed E-state index contributed by atoms with van der Waals surface area (Å²) in [6.45, 7) is 9.80. The van der Waals surface area contributed by atoms with Gasteiger partial charge in [-0.25, -0.2) is 9.44 Å². The van der Waals surface area contributed by atoms with Crippen LogP contribution in [0.25, 0.3) is 0 Å². The van der Waals surface area contributed by atoms with E-state index in [1.165, 1.54) is 5.57 Å². The second-order valence-electron chi connectivity index (χ2n) is 13.2. The third-order valence-corrected chi connectivity index (χ3v) is 12.0. The molecule has 4 rings (SSSR count). The van der Waals surface area contributed by atoms with E-state index in [1.807, 2.05) is 26.0 Å². The van der Waals surface area contributed by atoms with Gasteiger partial charge in [-0.1, -0.05) is 56.5 Å². The van der Waals surface area contributed by atoms with Crippen molar-refractivity contribution < 1.29 is 45.9 Å². The minimum atomic E-state index is -4.53. The van der Waals surface area contributed by atoms with Gasteiger partial charge in [0.25, 0.3) is 0 Å². The lowest BCUT2D eigenvalue weighted by atomic mass is 9.45. The molecular weight excluding hydrogens is 572 g/mol. The average molecular weight is 619 g/mol. The number of aliphatic hydroxyl groups is 1. The summed E-state index contributed by atoms with van der Waals surface area (Å²) in [4.78, 5) is 13.6. The fourth-order valence-corrected chi connectivity index (χ4v) is 9.72. The maximum Gasteiger partial charge on any atom is 0.397 e. The quantitative estimate of drug-likeness (QED) is 0.0612. The highest BCUT2D eigenvalue weighted by molar-refractivity contribution is 7.89. The number of hydrogen-bond acceptors (Lipinski definition) is 10. The molecule has 0 amide bonds. The van der Waals surface area contributed by atoms with E-state index >= 15 is 0 Å². The van der Waals surface area contributed by atoms with Crippen LogP contribution in [-0.2, 0) is 32.9 Å². The Bertz CT molecular complexity index is 1110. The second kappa shape index (κ2) is 13.0. The molecule has 0 spiro atoms. The Balaban J connectivity index is 1.55. The molecule has 0 aromatic carbocycles. The molecule has 0 bridgehead atoms. The number of rotatable bonds is 12. The molecule has 4 aliphatic carbocycles. The number of hydrogen-bond donors (Lipinski definition) is 3. The van der Waals surface area contributed by atoms with Gasteiger partial charge in [0.1, 0.15) is 5.78 Å². The van der Waals surface area contributed by atoms with Gasteiger partial charge >= 0.3 is 10.4 Å². The van der Waals surface area contributed by atoms with Crippen LogP contribution < -0.4 is 0 Å². The first-order valence-electron chi connectivity index (χ1n) is 14.7. The van der Waals surface area contributed by atoms with E-state index < -0.39 is 21.9 Å². The van der Waals surface area contributed by atoms with E-state index in [0.717, 1.165) is 38.5 Å². The Morgan fingerprint density at radius 3 is 2.56 bits per heavy atom. The van der Waals surface area contributed by atoms with E-state index in [9.17, 15) is 18.3 Å². The van der Waals surface area contributed by atoms with Crippen molar-refractivity contribution in [1.82, 2.24) is 0 Å². The van der Waals surface area contributed by atoms with Crippen molar-refractivity contribution in [2.45, 2.75) is 91.8 Å². The van der Waals surface area contributed by atoms with Crippen molar-refractivity contribution in [2.24, 2.45) is 52.3 Å². The van der Waals surface area contributed by atoms with Crippen LogP contribution in [0.1, 0.15) is 79.6 Å². The molecule has 3 N–H and O–H groups in total. The number of ketones is 1. The lowest BCUT2D eigenvalue weighted by Crippen LogP contribution is -2.60. The van der Waals surface area contributed by atoms with Gasteiger partial charge in [-0.3, -0.25) is 13.5 Å². The average Bonchev–Trinajstić information content (AvgIpc) is 3.31. The smallest absolute Gasteiger partial charge is 0.392 e. The summed E-state index contributed by atoms with van der Waals surface area (Å²) in [5, 5.41) is 23.9. The fourth-order valence-electron chi connectivity index (χ4n) is 9.05. The summed E-state index contributed by atoms with van der Waals surface area (Å²) >= 11 is 0.623. The highest BCUT2D eigenvalue weighted by Gasteiger charge is 2.66. The first-order chi connectivity index (χ1) is 19.3. The molecule has 41 heavy (non-hydrogen) atoms. The van der Waals surface area contributed by atoms with Gasteiger partial charge < -0.3 is 5.11 Å². The minimum Gasteiger partial charge on any atom is -0.392 e. The molecular formula is C29H46O10S2. The van der Waals surface area contributed by atoms with Gasteiger partial charge in [-0.2, -0.15) is 8.42 Å². The van der Waals surface area contributed by atoms with Crippen LogP contribution in [0.3, 0.4) is 0 Å². The zero-order chi connectivity index (χ0) is 30.2. The Hall–Kier alpha value is -0.830. The summed E-state index contributed by atoms with van der Waals surface area (Å²) in [5.41, 5.74) is 0.441. The number of fused-ring (bicyclic) bond motifs is 5. The molecule has 0 aromatic rings. The van der Waals surface area contributed by atoms with E-state index in [4.69, 9.17) is 14.0 Å². The molecule has 10 nitrogen and oxygen atoms in total. The van der Waals surface area contributed by atoms with Crippen molar-refractivity contribution >= 4 is 28.5 Å². The summed E-state index contributed by atoms with van der Waals surface area (Å²) in [5.74, 6) is 0.544. The third kappa shape index (κ3) is 6.51. The summed E-state index contributed by atoms with van der Waals surface area (Å²) in [6, 6.07) is 0. The highest BCUT2D eigenvalue weighted by Crippen LogP contribution is 2.67. The molecule has 0 aliphatic heterocycles. The number of Topliss-reactive ketones (excluding diaryl/α,β-unsaturated/α-hetero) is 1. The molecule has 0 aromatic heterocycles. The molecule has 4 aliphatic rings. The third-order valence-electron chi connectivity index (χ3n) is 11.1. The van der Waals surface area contributed by atoms with Crippen LogP contribution in [0.15, 0.2) is 23.8 Å². The predicted octanol–water partition coefficient (Wildman–Crippen LogP) is 5.76. The number of carbonyl (C=O) groups excluding carboxylic acids is 1. The van der Waals surface area contributed by atoms with Crippen LogP contribution >= 0.6 is 12.3 Å². The van der Waals surface area contributed by atoms with Crippen LogP contribution in [0.5, 0.6) is 0 Å². The van der Waals surface area contributed by atoms with Gasteiger partial charge in [-0.05, 0) is 92.8 Å². The Labute approximate surface area is 248 Å². The fraction of sp³-hybridized carbons (Fsp3) is 0.828. The summed E-state index contributed by atoms with van der Waals surface area (Å²) in [7, 11) is -4.53. The van der Waals surface area contributed by atoms with Crippen LogP contribution in [0.2, 0.25) is 0 Å². The van der Waals surface area contributed by atoms with Crippen molar-refractivity contribution in [2.75, 3.05) is 6.61 Å². The van der Waals surface area contributed by atoms with Gasteiger partial charge in [0.2, 0.25) is 0 Å². The Morgan fingerprint density at radius 2 is 1.93 bits per heavy atom. The zero-order valence-electron chi connectivity index (χ0n) is 24.6.